The Morgan fingerprint density at radius 3 is 2.20 bits per heavy atom. The number of carbonyl (C=O) groups is 7. The van der Waals surface area contributed by atoms with E-state index in [2.05, 4.69) is 20.9 Å². The fourth-order valence-electron chi connectivity index (χ4n) is 5.51. The molecule has 0 saturated carbocycles. The van der Waals surface area contributed by atoms with Gasteiger partial charge in [-0.25, -0.2) is 14.5 Å². The van der Waals surface area contributed by atoms with Gasteiger partial charge in [0.2, 0.25) is 18.2 Å². The summed E-state index contributed by atoms with van der Waals surface area (Å²) in [5, 5.41) is 7.65. The smallest absolute Gasteiger partial charge is 0.373 e. The highest BCUT2D eigenvalue weighted by atomic mass is 16.5. The van der Waals surface area contributed by atoms with Crippen LogP contribution < -0.4 is 27.4 Å². The second kappa shape index (κ2) is 22.2. The van der Waals surface area contributed by atoms with Crippen LogP contribution in [0.4, 0.5) is 4.79 Å². The van der Waals surface area contributed by atoms with Gasteiger partial charge in [0.1, 0.15) is 23.9 Å². The van der Waals surface area contributed by atoms with Gasteiger partial charge in [-0.1, -0.05) is 6.92 Å². The van der Waals surface area contributed by atoms with Gasteiger partial charge in [0.25, 0.3) is 5.91 Å². The van der Waals surface area contributed by atoms with Crippen LogP contribution in [0.3, 0.4) is 0 Å². The molecule has 21 nitrogen and oxygen atoms in total. The zero-order valence-corrected chi connectivity index (χ0v) is 27.8. The summed E-state index contributed by atoms with van der Waals surface area (Å²) < 4.78 is 4.92. The summed E-state index contributed by atoms with van der Waals surface area (Å²) in [5.74, 6) is -2.90. The highest BCUT2D eigenvalue weighted by Gasteiger charge is 2.45. The number of ketones is 1. The Kier molecular flexibility index (Phi) is 18.9. The Hall–Kier alpha value is -5.52. The van der Waals surface area contributed by atoms with E-state index < -0.39 is 59.8 Å². The number of urea groups is 1. The molecule has 0 aromatic heterocycles. The fourth-order valence-corrected chi connectivity index (χ4v) is 5.51. The number of Topliss-reactive ketones (excluding diaryl/α,β-unsaturated/α-hetero) is 1. The Labute approximate surface area is 286 Å². The molecule has 0 aliphatic carbocycles. The summed E-state index contributed by atoms with van der Waals surface area (Å²) in [6.07, 6.45) is 2.32. The third-order valence-corrected chi connectivity index (χ3v) is 8.17. The zero-order valence-electron chi connectivity index (χ0n) is 27.8. The lowest BCUT2D eigenvalue weighted by Crippen LogP contribution is -2.60. The molecular weight excluding hydrogens is 666 g/mol. The van der Waals surface area contributed by atoms with Crippen LogP contribution in [0.5, 0.6) is 0 Å². The van der Waals surface area contributed by atoms with E-state index in [0.29, 0.717) is 45.2 Å². The summed E-state index contributed by atoms with van der Waals surface area (Å²) >= 11 is 0. The maximum Gasteiger partial charge on any atom is 0.373 e. The van der Waals surface area contributed by atoms with Gasteiger partial charge in [-0.05, 0) is 26.2 Å². The molecule has 1 unspecified atom stereocenters. The lowest BCUT2D eigenvalue weighted by atomic mass is 9.92. The molecule has 6 amide bonds. The number of cyclic esters (lactones) is 1. The van der Waals surface area contributed by atoms with Gasteiger partial charge in [0, 0.05) is 58.0 Å². The van der Waals surface area contributed by atoms with E-state index in [-0.39, 0.29) is 63.3 Å². The first kappa shape index (κ1) is 42.5. The molecule has 3 fully saturated rings. The Balaban J connectivity index is 0.00000194. The van der Waals surface area contributed by atoms with E-state index in [1.165, 1.54) is 4.90 Å². The second-order valence-corrected chi connectivity index (χ2v) is 11.2. The molecule has 3 heterocycles. The summed E-state index contributed by atoms with van der Waals surface area (Å²) in [5.41, 5.74) is 10.8. The van der Waals surface area contributed by atoms with Crippen LogP contribution in [0.25, 0.3) is 0 Å². The molecule has 276 valence electrons. The summed E-state index contributed by atoms with van der Waals surface area (Å²) in [6.45, 7) is 4.86. The minimum Gasteiger partial charge on any atom is -0.464 e. The normalized spacial score (nSPS) is 20.1. The molecule has 50 heavy (non-hydrogen) atoms. The minimum absolute atomic E-state index is 0.0695. The Morgan fingerprint density at radius 2 is 1.70 bits per heavy atom. The van der Waals surface area contributed by atoms with Crippen LogP contribution in [0.15, 0.2) is 4.99 Å². The lowest BCUT2D eigenvalue weighted by Gasteiger charge is -2.39. The monoisotopic (exact) mass is 709 g/mol. The van der Waals surface area contributed by atoms with Gasteiger partial charge in [-0.3, -0.25) is 33.9 Å². The number of nitrogens with one attached hydrogen (secondary N) is 3. The summed E-state index contributed by atoms with van der Waals surface area (Å²) in [4.78, 5) is 129. The van der Waals surface area contributed by atoms with Gasteiger partial charge in [-0.15, -0.1) is 0 Å². The van der Waals surface area contributed by atoms with Crippen molar-refractivity contribution < 1.29 is 57.5 Å². The van der Waals surface area contributed by atoms with Crippen molar-refractivity contribution in [1.29, 1.82) is 0 Å². The molecule has 0 bridgehead atoms. The number of esters is 1. The molecule has 21 heteroatoms. The van der Waals surface area contributed by atoms with Crippen molar-refractivity contribution in [3.63, 3.8) is 0 Å². The van der Waals surface area contributed by atoms with Crippen molar-refractivity contribution in [2.24, 2.45) is 22.4 Å². The number of carbonyl (C=O) groups excluding carboxylic acids is 11. The number of aliphatic imine (C=N–C) groups is 1. The number of nitrogens with two attached hydrogens (primary N) is 2. The van der Waals surface area contributed by atoms with Crippen LogP contribution in [-0.2, 0) is 52.7 Å². The molecule has 0 aromatic carbocycles. The lowest BCUT2D eigenvalue weighted by molar-refractivity contribution is -0.193. The van der Waals surface area contributed by atoms with E-state index in [4.69, 9.17) is 35.4 Å². The number of hydrogen-bond acceptors (Lipinski definition) is 14. The third kappa shape index (κ3) is 12.8. The predicted molar refractivity (Wildman–Crippen MR) is 165 cm³/mol. The molecule has 3 rings (SSSR count). The SMILES string of the molecule is CC[C@H]1NC(=O)N([C@@H](CNC=O)C(=O)N2CCN([C@H](C)C(=O)C[C@@H](CCCN=C(N)N)C(=O)NC3CCOC3=O)CC2)C1=O.O=C=O.O=C=O. The number of guanidine groups is 1. The maximum atomic E-state index is 13.4. The van der Waals surface area contributed by atoms with Crippen molar-refractivity contribution in [3.8, 4) is 0 Å². The highest BCUT2D eigenvalue weighted by molar-refractivity contribution is 6.07. The van der Waals surface area contributed by atoms with Crippen LogP contribution >= 0.6 is 0 Å². The number of nitrogens with zero attached hydrogens (tertiary/aromatic N) is 4. The number of amides is 6. The number of piperazine rings is 1. The van der Waals surface area contributed by atoms with Crippen LogP contribution in [0, 0.1) is 5.92 Å². The van der Waals surface area contributed by atoms with E-state index in [1.807, 2.05) is 4.90 Å². The topological polar surface area (TPSA) is 307 Å². The first-order valence-corrected chi connectivity index (χ1v) is 15.7. The molecule has 3 aliphatic heterocycles. The van der Waals surface area contributed by atoms with E-state index in [9.17, 15) is 33.6 Å². The van der Waals surface area contributed by atoms with Crippen molar-refractivity contribution in [1.82, 2.24) is 30.7 Å². The maximum absolute atomic E-state index is 13.4. The molecule has 0 spiro atoms. The zero-order chi connectivity index (χ0) is 37.8. The molecule has 7 N–H and O–H groups in total. The minimum atomic E-state index is -1.20. The number of hydrogen-bond donors (Lipinski definition) is 5. The Bertz CT molecular complexity index is 1310. The molecule has 0 radical (unpaired) electrons. The number of rotatable bonds is 16. The van der Waals surface area contributed by atoms with Gasteiger partial charge in [-0.2, -0.15) is 19.2 Å². The fraction of sp³-hybridized carbons (Fsp3) is 0.655. The van der Waals surface area contributed by atoms with Gasteiger partial charge in [0.15, 0.2) is 5.96 Å². The van der Waals surface area contributed by atoms with Crippen LogP contribution in [0.2, 0.25) is 0 Å². The van der Waals surface area contributed by atoms with Crippen molar-refractivity contribution in [3.05, 3.63) is 0 Å². The number of imide groups is 1. The van der Waals surface area contributed by atoms with Gasteiger partial charge < -0.3 is 37.1 Å². The predicted octanol–water partition coefficient (Wildman–Crippen LogP) is -4.14. The second-order valence-electron chi connectivity index (χ2n) is 11.2. The quantitative estimate of drug-likeness (QED) is 0.0254. The average molecular weight is 710 g/mol. The summed E-state index contributed by atoms with van der Waals surface area (Å²) in [7, 11) is 0. The first-order valence-electron chi connectivity index (χ1n) is 15.7. The highest BCUT2D eigenvalue weighted by Crippen LogP contribution is 2.20. The molecular formula is C29H43N9O12. The molecule has 0 aromatic rings. The van der Waals surface area contributed by atoms with Crippen molar-refractivity contribution in [2.45, 2.75) is 70.1 Å². The van der Waals surface area contributed by atoms with Crippen molar-refractivity contribution in [2.75, 3.05) is 45.9 Å². The summed E-state index contributed by atoms with van der Waals surface area (Å²) in [6, 6.07) is -3.94. The van der Waals surface area contributed by atoms with E-state index in [0.717, 1.165) is 4.90 Å². The molecule has 3 aliphatic rings. The Morgan fingerprint density at radius 1 is 1.08 bits per heavy atom. The van der Waals surface area contributed by atoms with Crippen molar-refractivity contribution >= 4 is 60.2 Å². The third-order valence-electron chi connectivity index (χ3n) is 8.17. The molecule has 5 atom stereocenters. The standard InChI is InChI=1S/C27H43N9O8.2CO2/c1-3-18-23(40)36(27(43)33-18)20(14-30-15-37)24(41)35-10-8-34(9-11-35)16(2)21(38)13-17(5-4-7-31-26(28)29)22(39)32-19-6-12-44-25(19)42;2*2-1-3/h15-20H,3-14H2,1-2H3,(H,30,37)(H,32,39)(H,33,43)(H4,28,29,31);;/t16-,17-,18-,19?,20+;;/m1../s1. The van der Waals surface area contributed by atoms with Crippen LogP contribution in [-0.4, -0.2) is 145 Å². The average Bonchev–Trinajstić information content (AvgIpc) is 3.62. The van der Waals surface area contributed by atoms with Crippen LogP contribution in [0.1, 0.15) is 46.0 Å². The van der Waals surface area contributed by atoms with Gasteiger partial charge >= 0.3 is 24.3 Å². The van der Waals surface area contributed by atoms with E-state index >= 15 is 0 Å². The number of ether oxygens (including phenoxy) is 1. The molecule has 3 saturated heterocycles. The first-order chi connectivity index (χ1) is 23.8. The largest absolute Gasteiger partial charge is 0.464 e. The van der Waals surface area contributed by atoms with Gasteiger partial charge in [0.05, 0.1) is 12.6 Å². The van der Waals surface area contributed by atoms with E-state index in [1.54, 1.807) is 13.8 Å².